The first kappa shape index (κ1) is 18.1. The van der Waals surface area contributed by atoms with E-state index in [0.29, 0.717) is 34.9 Å². The van der Waals surface area contributed by atoms with Crippen LogP contribution in [-0.4, -0.2) is 49.9 Å². The molecular weight excluding hydrogens is 370 g/mol. The summed E-state index contributed by atoms with van der Waals surface area (Å²) in [6.07, 6.45) is 11.0. The molecule has 2 saturated heterocycles. The monoisotopic (exact) mass is 399 g/mol. The van der Waals surface area contributed by atoms with Gasteiger partial charge in [0.15, 0.2) is 0 Å². The molecule has 2 heterocycles. The van der Waals surface area contributed by atoms with Crippen molar-refractivity contribution < 1.29 is 23.9 Å². The average molecular weight is 399 g/mol. The van der Waals surface area contributed by atoms with E-state index in [-0.39, 0.29) is 29.8 Å². The lowest BCUT2D eigenvalue weighted by Gasteiger charge is -2.60. The molecule has 4 fully saturated rings. The summed E-state index contributed by atoms with van der Waals surface area (Å²) >= 11 is 0. The number of hydroxylamine groups is 2. The van der Waals surface area contributed by atoms with Crippen molar-refractivity contribution >= 4 is 11.9 Å². The van der Waals surface area contributed by atoms with Crippen molar-refractivity contribution in [3.05, 3.63) is 23.3 Å². The molecule has 0 aromatic rings. The van der Waals surface area contributed by atoms with Crippen LogP contribution in [0.15, 0.2) is 23.3 Å². The molecule has 0 N–H and O–H groups in total. The minimum Gasteiger partial charge on any atom is -0.466 e. The Morgan fingerprint density at radius 1 is 0.931 bits per heavy atom. The van der Waals surface area contributed by atoms with E-state index in [9.17, 15) is 9.59 Å². The fraction of sp³-hybridized carbons (Fsp3) is 0.739. The molecule has 7 aliphatic rings. The predicted octanol–water partition coefficient (Wildman–Crippen LogP) is 2.50. The van der Waals surface area contributed by atoms with Gasteiger partial charge in [-0.15, -0.1) is 0 Å². The fourth-order valence-corrected chi connectivity index (χ4v) is 7.89. The van der Waals surface area contributed by atoms with Crippen LogP contribution in [0.2, 0.25) is 0 Å². The molecule has 6 heteroatoms. The molecule has 6 nitrogen and oxygen atoms in total. The van der Waals surface area contributed by atoms with Gasteiger partial charge in [-0.3, -0.25) is 4.84 Å². The zero-order chi connectivity index (χ0) is 19.9. The van der Waals surface area contributed by atoms with E-state index in [1.807, 2.05) is 0 Å². The molecule has 9 unspecified atom stereocenters. The molecule has 29 heavy (non-hydrogen) atoms. The van der Waals surface area contributed by atoms with Crippen molar-refractivity contribution in [1.29, 1.82) is 0 Å². The van der Waals surface area contributed by atoms with Gasteiger partial charge < -0.3 is 9.47 Å². The summed E-state index contributed by atoms with van der Waals surface area (Å²) in [6.45, 7) is 1.02. The Balaban J connectivity index is 1.39. The highest BCUT2D eigenvalue weighted by molar-refractivity contribution is 6.02. The second-order valence-electron chi connectivity index (χ2n) is 9.68. The van der Waals surface area contributed by atoms with Crippen LogP contribution in [0.5, 0.6) is 0 Å². The largest absolute Gasteiger partial charge is 0.466 e. The predicted molar refractivity (Wildman–Crippen MR) is 103 cm³/mol. The van der Waals surface area contributed by atoms with E-state index in [1.54, 1.807) is 0 Å². The van der Waals surface area contributed by atoms with Gasteiger partial charge in [-0.1, -0.05) is 31.4 Å². The molecule has 0 amide bonds. The van der Waals surface area contributed by atoms with Crippen LogP contribution in [0.1, 0.15) is 32.1 Å². The Labute approximate surface area is 171 Å². The third-order valence-electron chi connectivity index (χ3n) is 8.88. The van der Waals surface area contributed by atoms with E-state index < -0.39 is 5.97 Å². The summed E-state index contributed by atoms with van der Waals surface area (Å²) in [5.74, 6) is 1.61. The average Bonchev–Trinajstić information content (AvgIpc) is 3.08. The second kappa shape index (κ2) is 6.42. The van der Waals surface area contributed by atoms with Gasteiger partial charge in [-0.25, -0.2) is 9.59 Å². The topological polar surface area (TPSA) is 65.1 Å². The molecule has 7 rings (SSSR count). The molecule has 0 aromatic carbocycles. The molecule has 2 bridgehead atoms. The number of allylic oxidation sites excluding steroid dienone is 2. The normalized spacial score (nSPS) is 46.9. The maximum absolute atomic E-state index is 12.7. The van der Waals surface area contributed by atoms with Crippen LogP contribution in [0, 0.1) is 41.4 Å². The Kier molecular flexibility index (Phi) is 4.01. The number of hydrogen-bond donors (Lipinski definition) is 0. The summed E-state index contributed by atoms with van der Waals surface area (Å²) in [6, 6.07) is 0.466. The van der Waals surface area contributed by atoms with Gasteiger partial charge in [0.2, 0.25) is 0 Å². The quantitative estimate of drug-likeness (QED) is 0.525. The highest BCUT2D eigenvalue weighted by atomic mass is 16.7. The van der Waals surface area contributed by atoms with E-state index in [4.69, 9.17) is 14.3 Å². The smallest absolute Gasteiger partial charge is 0.334 e. The Bertz CT molecular complexity index is 818. The fourth-order valence-electron chi connectivity index (χ4n) is 7.89. The van der Waals surface area contributed by atoms with Crippen molar-refractivity contribution in [3.63, 3.8) is 0 Å². The molecule has 2 aliphatic heterocycles. The van der Waals surface area contributed by atoms with Crippen LogP contribution >= 0.6 is 0 Å². The molecular formula is C23H29NO5. The Morgan fingerprint density at radius 2 is 1.59 bits per heavy atom. The second-order valence-corrected chi connectivity index (χ2v) is 9.68. The van der Waals surface area contributed by atoms with Crippen LogP contribution in [0.25, 0.3) is 0 Å². The summed E-state index contributed by atoms with van der Waals surface area (Å²) in [7, 11) is 2.78. The molecule has 0 spiro atoms. The molecule has 2 saturated carbocycles. The van der Waals surface area contributed by atoms with Gasteiger partial charge in [0, 0.05) is 36.3 Å². The molecule has 5 aliphatic carbocycles. The zero-order valence-electron chi connectivity index (χ0n) is 17.1. The van der Waals surface area contributed by atoms with E-state index in [1.165, 1.54) is 46.3 Å². The van der Waals surface area contributed by atoms with E-state index >= 15 is 0 Å². The van der Waals surface area contributed by atoms with Gasteiger partial charge in [0.25, 0.3) is 0 Å². The van der Waals surface area contributed by atoms with Crippen molar-refractivity contribution in [2.75, 3.05) is 20.8 Å². The van der Waals surface area contributed by atoms with Crippen molar-refractivity contribution in [1.82, 2.24) is 5.06 Å². The van der Waals surface area contributed by atoms with Crippen LogP contribution < -0.4 is 0 Å². The highest BCUT2D eigenvalue weighted by Crippen LogP contribution is 2.66. The number of piperidine rings is 1. The number of carbonyl (C=O) groups is 2. The molecule has 0 aromatic heterocycles. The molecule has 9 atom stereocenters. The summed E-state index contributed by atoms with van der Waals surface area (Å²) in [5, 5.41) is 2.29. The number of carbonyl (C=O) groups excluding carboxylic acids is 2. The lowest BCUT2D eigenvalue weighted by atomic mass is 9.43. The number of methoxy groups -OCH3 is 2. The maximum Gasteiger partial charge on any atom is 0.334 e. The molecule has 0 radical (unpaired) electrons. The summed E-state index contributed by atoms with van der Waals surface area (Å²) < 4.78 is 10.2. The van der Waals surface area contributed by atoms with Crippen LogP contribution in [0.3, 0.4) is 0 Å². The third kappa shape index (κ3) is 2.25. The minimum atomic E-state index is -0.408. The minimum absolute atomic E-state index is 0.0692. The van der Waals surface area contributed by atoms with Crippen molar-refractivity contribution in [3.8, 4) is 0 Å². The number of esters is 2. The van der Waals surface area contributed by atoms with Crippen LogP contribution in [-0.2, 0) is 23.9 Å². The van der Waals surface area contributed by atoms with E-state index in [0.717, 1.165) is 12.5 Å². The highest BCUT2D eigenvalue weighted by Gasteiger charge is 2.70. The van der Waals surface area contributed by atoms with Gasteiger partial charge in [-0.05, 0) is 30.6 Å². The number of hydrogen-bond acceptors (Lipinski definition) is 6. The number of fused-ring (bicyclic) bond motifs is 5. The first-order chi connectivity index (χ1) is 14.2. The van der Waals surface area contributed by atoms with Gasteiger partial charge in [0.05, 0.1) is 31.5 Å². The van der Waals surface area contributed by atoms with Gasteiger partial charge in [0.1, 0.15) is 0 Å². The Hall–Kier alpha value is -1.66. The van der Waals surface area contributed by atoms with Gasteiger partial charge >= 0.3 is 11.9 Å². The molecule has 156 valence electrons. The third-order valence-corrected chi connectivity index (χ3v) is 8.88. The standard InChI is InChI=1S/C23H29NO5/c1-27-22(25)17-13-7-8-14(18(17)23(26)28-2)16-15(13)19-20-12-6-4-3-5-11(12)9-10-24(20)29-21(16)19/h7-8,11-16,19-21H,3-6,9-10H2,1-2H3. The first-order valence-electron chi connectivity index (χ1n) is 11.2. The lowest BCUT2D eigenvalue weighted by Crippen LogP contribution is -2.64. The Morgan fingerprint density at radius 3 is 2.28 bits per heavy atom. The first-order valence-corrected chi connectivity index (χ1v) is 11.2. The van der Waals surface area contributed by atoms with E-state index in [2.05, 4.69) is 17.2 Å². The zero-order valence-corrected chi connectivity index (χ0v) is 17.1. The lowest BCUT2D eigenvalue weighted by molar-refractivity contribution is -0.218. The number of rotatable bonds is 2. The van der Waals surface area contributed by atoms with Gasteiger partial charge in [-0.2, -0.15) is 5.06 Å². The summed E-state index contributed by atoms with van der Waals surface area (Å²) in [4.78, 5) is 31.9. The van der Waals surface area contributed by atoms with Crippen LogP contribution in [0.4, 0.5) is 0 Å². The number of ether oxygens (including phenoxy) is 2. The van der Waals surface area contributed by atoms with Crippen molar-refractivity contribution in [2.45, 2.75) is 44.2 Å². The van der Waals surface area contributed by atoms with Crippen molar-refractivity contribution in [2.24, 2.45) is 41.4 Å². The SMILES string of the molecule is COC(=O)C1=C(C(=O)OC)C2C=CC1C1C3ON4CCC5CCCCC5C4C3C21. The number of nitrogens with zero attached hydrogens (tertiary/aromatic N) is 1. The maximum atomic E-state index is 12.7. The summed E-state index contributed by atoms with van der Waals surface area (Å²) in [5.41, 5.74) is 1.02.